The Labute approximate surface area is 171 Å². The first-order valence-electron chi connectivity index (χ1n) is 8.71. The number of aliphatic hydroxyl groups excluding tert-OH is 1. The molecule has 0 bridgehead atoms. The Balaban J connectivity index is 0.00000225. The summed E-state index contributed by atoms with van der Waals surface area (Å²) in [6, 6.07) is 10.5. The van der Waals surface area contributed by atoms with Crippen LogP contribution in [0.2, 0.25) is 0 Å². The molecule has 2 aromatic carbocycles. The van der Waals surface area contributed by atoms with Crippen LogP contribution in [0.3, 0.4) is 0 Å². The van der Waals surface area contributed by atoms with Crippen LogP contribution in [-0.4, -0.2) is 16.6 Å². The summed E-state index contributed by atoms with van der Waals surface area (Å²) in [6.07, 6.45) is 0. The predicted molar refractivity (Wildman–Crippen MR) is 116 cm³/mol. The number of aromatic nitrogens is 1. The second kappa shape index (κ2) is 8.01. The zero-order valence-electron chi connectivity index (χ0n) is 15.2. The number of aliphatic hydroxyl groups is 1. The molecule has 0 amide bonds. The van der Waals surface area contributed by atoms with Crippen LogP contribution >= 0.6 is 23.7 Å². The van der Waals surface area contributed by atoms with Gasteiger partial charge in [0.15, 0.2) is 0 Å². The van der Waals surface area contributed by atoms with Gasteiger partial charge in [0.1, 0.15) is 10.5 Å². The summed E-state index contributed by atoms with van der Waals surface area (Å²) in [5.74, 6) is -0.402. The minimum atomic E-state index is -0.322. The van der Waals surface area contributed by atoms with Gasteiger partial charge in [-0.15, -0.1) is 23.7 Å². The Bertz CT molecular complexity index is 1220. The van der Waals surface area contributed by atoms with E-state index >= 15 is 0 Å². The molecule has 1 unspecified atom stereocenters. The van der Waals surface area contributed by atoms with Crippen LogP contribution < -0.4 is 11.3 Å². The maximum absolute atomic E-state index is 14.8. The number of pyridine rings is 1. The van der Waals surface area contributed by atoms with Gasteiger partial charge in [-0.25, -0.2) is 4.39 Å². The summed E-state index contributed by atoms with van der Waals surface area (Å²) in [4.78, 5) is 15.2. The Morgan fingerprint density at radius 3 is 2.71 bits per heavy atom. The summed E-state index contributed by atoms with van der Waals surface area (Å²) in [5, 5.41) is 13.4. The van der Waals surface area contributed by atoms with E-state index in [0.29, 0.717) is 33.5 Å². The van der Waals surface area contributed by atoms with Crippen molar-refractivity contribution in [2.24, 2.45) is 5.73 Å². The van der Waals surface area contributed by atoms with Gasteiger partial charge < -0.3 is 15.8 Å². The van der Waals surface area contributed by atoms with Crippen LogP contribution in [-0.2, 0) is 6.61 Å². The molecule has 0 aliphatic heterocycles. The lowest BCUT2D eigenvalue weighted by atomic mass is 9.91. The number of rotatable bonds is 4. The number of benzene rings is 2. The van der Waals surface area contributed by atoms with E-state index in [2.05, 4.69) is 4.98 Å². The van der Waals surface area contributed by atoms with Crippen LogP contribution in [0.4, 0.5) is 4.39 Å². The lowest BCUT2D eigenvalue weighted by molar-refractivity contribution is 0.282. The monoisotopic (exact) mass is 418 g/mol. The van der Waals surface area contributed by atoms with Crippen molar-refractivity contribution >= 4 is 44.7 Å². The van der Waals surface area contributed by atoms with Gasteiger partial charge in [0.05, 0.1) is 6.61 Å². The average molecular weight is 419 g/mol. The zero-order valence-corrected chi connectivity index (χ0v) is 16.8. The molecule has 146 valence electrons. The van der Waals surface area contributed by atoms with Gasteiger partial charge in [0, 0.05) is 16.3 Å². The standard InChI is InChI=1S/C21H19FN2O2S.ClH/c1-11(9-23)14-4-2-12(8-16(14)22)18-13(10-25)3-5-17-19(18)15-6-7-27-20(15)21(26)24-17;/h2-8,11,25H,9-10,23H2,1H3,(H,24,26);1H. The lowest BCUT2D eigenvalue weighted by Gasteiger charge is -2.15. The van der Waals surface area contributed by atoms with E-state index in [9.17, 15) is 14.3 Å². The minimum absolute atomic E-state index is 0. The second-order valence-electron chi connectivity index (χ2n) is 6.67. The normalized spacial score (nSPS) is 12.3. The van der Waals surface area contributed by atoms with Crippen LogP contribution in [0.15, 0.2) is 46.6 Å². The van der Waals surface area contributed by atoms with E-state index in [0.717, 1.165) is 16.3 Å². The first kappa shape index (κ1) is 20.5. The Morgan fingerprint density at radius 1 is 1.25 bits per heavy atom. The Kier molecular flexibility index (Phi) is 5.86. The van der Waals surface area contributed by atoms with Crippen LogP contribution in [0.5, 0.6) is 0 Å². The fourth-order valence-electron chi connectivity index (χ4n) is 3.56. The third kappa shape index (κ3) is 3.22. The molecule has 2 aromatic heterocycles. The van der Waals surface area contributed by atoms with Crippen molar-refractivity contribution in [2.45, 2.75) is 19.4 Å². The van der Waals surface area contributed by atoms with Crippen molar-refractivity contribution in [3.05, 3.63) is 69.1 Å². The van der Waals surface area contributed by atoms with E-state index in [1.54, 1.807) is 18.2 Å². The Morgan fingerprint density at radius 2 is 2.04 bits per heavy atom. The smallest absolute Gasteiger partial charge is 0.266 e. The van der Waals surface area contributed by atoms with E-state index in [1.165, 1.54) is 17.4 Å². The number of nitrogens with two attached hydrogens (primary N) is 1. The van der Waals surface area contributed by atoms with Gasteiger partial charge in [-0.3, -0.25) is 4.79 Å². The highest BCUT2D eigenvalue weighted by Crippen LogP contribution is 2.37. The molecule has 1 atom stereocenters. The summed E-state index contributed by atoms with van der Waals surface area (Å²) in [5.41, 5.74) is 8.84. The third-order valence-corrected chi connectivity index (χ3v) is 5.94. The second-order valence-corrected chi connectivity index (χ2v) is 7.59. The highest BCUT2D eigenvalue weighted by atomic mass is 35.5. The van der Waals surface area contributed by atoms with Gasteiger partial charge >= 0.3 is 0 Å². The third-order valence-electron chi connectivity index (χ3n) is 5.02. The number of thiophene rings is 1. The molecule has 0 radical (unpaired) electrons. The largest absolute Gasteiger partial charge is 0.392 e. The highest BCUT2D eigenvalue weighted by molar-refractivity contribution is 7.17. The number of H-pyrrole nitrogens is 1. The minimum Gasteiger partial charge on any atom is -0.392 e. The van der Waals surface area contributed by atoms with Gasteiger partial charge in [0.25, 0.3) is 5.56 Å². The maximum Gasteiger partial charge on any atom is 0.266 e. The molecule has 2 heterocycles. The first-order valence-corrected chi connectivity index (χ1v) is 9.59. The maximum atomic E-state index is 14.8. The average Bonchev–Trinajstić information content (AvgIpc) is 3.17. The van der Waals surface area contributed by atoms with E-state index in [1.807, 2.05) is 24.4 Å². The molecule has 0 saturated carbocycles. The van der Waals surface area contributed by atoms with Crippen LogP contribution in [0.25, 0.3) is 32.1 Å². The molecule has 0 aliphatic carbocycles. The molecule has 28 heavy (non-hydrogen) atoms. The van der Waals surface area contributed by atoms with Gasteiger partial charge in [0.2, 0.25) is 0 Å². The predicted octanol–water partition coefficient (Wildman–Crippen LogP) is 4.53. The molecule has 0 saturated heterocycles. The molecule has 7 heteroatoms. The molecule has 0 aliphatic rings. The van der Waals surface area contributed by atoms with Crippen molar-refractivity contribution in [2.75, 3.05) is 6.54 Å². The molecular formula is C21H20ClFN2O2S. The number of hydrogen-bond donors (Lipinski definition) is 3. The molecule has 4 nitrogen and oxygen atoms in total. The number of hydrogen-bond acceptors (Lipinski definition) is 4. The van der Waals surface area contributed by atoms with E-state index in [-0.39, 0.29) is 36.3 Å². The van der Waals surface area contributed by atoms with Crippen LogP contribution in [0.1, 0.15) is 24.0 Å². The quantitative estimate of drug-likeness (QED) is 0.455. The van der Waals surface area contributed by atoms with E-state index < -0.39 is 0 Å². The molecule has 4 N–H and O–H groups in total. The van der Waals surface area contributed by atoms with Crippen molar-refractivity contribution < 1.29 is 9.50 Å². The highest BCUT2D eigenvalue weighted by Gasteiger charge is 2.17. The fourth-order valence-corrected chi connectivity index (χ4v) is 4.36. The summed E-state index contributed by atoms with van der Waals surface area (Å²) in [6.45, 7) is 2.07. The van der Waals surface area contributed by atoms with Crippen molar-refractivity contribution in [3.63, 3.8) is 0 Å². The van der Waals surface area contributed by atoms with Crippen molar-refractivity contribution in [1.29, 1.82) is 0 Å². The molecule has 0 spiro atoms. The SMILES string of the molecule is CC(CN)c1ccc(-c2c(CO)ccc3[nH]c(=O)c4sccc4c23)cc1F.Cl. The summed E-state index contributed by atoms with van der Waals surface area (Å²) >= 11 is 1.36. The molecular weight excluding hydrogens is 399 g/mol. The van der Waals surface area contributed by atoms with Gasteiger partial charge in [-0.05, 0) is 58.3 Å². The van der Waals surface area contributed by atoms with Crippen molar-refractivity contribution in [3.8, 4) is 11.1 Å². The zero-order chi connectivity index (χ0) is 19.1. The van der Waals surface area contributed by atoms with Gasteiger partial charge in [-0.2, -0.15) is 0 Å². The number of nitrogens with one attached hydrogen (secondary N) is 1. The number of aromatic amines is 1. The van der Waals surface area contributed by atoms with Crippen LogP contribution in [0, 0.1) is 5.82 Å². The lowest BCUT2D eigenvalue weighted by Crippen LogP contribution is -2.10. The number of halogens is 2. The van der Waals surface area contributed by atoms with E-state index in [4.69, 9.17) is 5.73 Å². The number of fused-ring (bicyclic) bond motifs is 3. The molecule has 4 rings (SSSR count). The molecule has 0 fully saturated rings. The topological polar surface area (TPSA) is 79.1 Å². The summed E-state index contributed by atoms with van der Waals surface area (Å²) in [7, 11) is 0. The Hall–Kier alpha value is -2.25. The summed E-state index contributed by atoms with van der Waals surface area (Å²) < 4.78 is 15.4. The van der Waals surface area contributed by atoms with Crippen molar-refractivity contribution in [1.82, 2.24) is 4.98 Å². The molecule has 4 aromatic rings. The first-order chi connectivity index (χ1) is 13.0. The van der Waals surface area contributed by atoms with Gasteiger partial charge in [-0.1, -0.05) is 25.1 Å². The fraction of sp³-hybridized carbons (Fsp3) is 0.190.